The first-order valence-corrected chi connectivity index (χ1v) is 7.81. The summed E-state index contributed by atoms with van der Waals surface area (Å²) in [7, 11) is -3.34. The third kappa shape index (κ3) is 4.70. The van der Waals surface area contributed by atoms with Gasteiger partial charge in [-0.2, -0.15) is 0 Å². The standard InChI is InChI=1S/C13H14ClNO3S/c14-13-3-1-2-12(8-13)10-19(16,17)15-6-4-11-5-7-18-9-11/h1-3,5,7-9,15H,4,6,10H2. The number of benzene rings is 1. The van der Waals surface area contributed by atoms with Gasteiger partial charge >= 0.3 is 0 Å². The highest BCUT2D eigenvalue weighted by molar-refractivity contribution is 7.88. The van der Waals surface area contributed by atoms with E-state index >= 15 is 0 Å². The van der Waals surface area contributed by atoms with Gasteiger partial charge in [-0.25, -0.2) is 13.1 Å². The molecule has 0 aliphatic carbocycles. The van der Waals surface area contributed by atoms with Gasteiger partial charge in [0.2, 0.25) is 10.0 Å². The monoisotopic (exact) mass is 299 g/mol. The topological polar surface area (TPSA) is 59.3 Å². The first-order chi connectivity index (χ1) is 9.05. The zero-order valence-corrected chi connectivity index (χ0v) is 11.7. The van der Waals surface area contributed by atoms with Crippen LogP contribution in [-0.2, 0) is 22.2 Å². The Morgan fingerprint density at radius 3 is 2.74 bits per heavy atom. The number of furan rings is 1. The third-order valence-corrected chi connectivity index (χ3v) is 4.15. The van der Waals surface area contributed by atoms with Gasteiger partial charge in [-0.3, -0.25) is 0 Å². The molecule has 0 atom stereocenters. The van der Waals surface area contributed by atoms with E-state index in [1.807, 2.05) is 6.07 Å². The van der Waals surface area contributed by atoms with Gasteiger partial charge < -0.3 is 4.42 Å². The van der Waals surface area contributed by atoms with Crippen molar-refractivity contribution < 1.29 is 12.8 Å². The molecule has 0 bridgehead atoms. The smallest absolute Gasteiger partial charge is 0.215 e. The average Bonchev–Trinajstić information content (AvgIpc) is 2.81. The molecule has 6 heteroatoms. The Balaban J connectivity index is 1.88. The third-order valence-electron chi connectivity index (χ3n) is 2.56. The van der Waals surface area contributed by atoms with Gasteiger partial charge in [0.25, 0.3) is 0 Å². The van der Waals surface area contributed by atoms with Gasteiger partial charge in [0, 0.05) is 11.6 Å². The van der Waals surface area contributed by atoms with Gasteiger partial charge in [-0.15, -0.1) is 0 Å². The Morgan fingerprint density at radius 1 is 1.21 bits per heavy atom. The summed E-state index contributed by atoms with van der Waals surface area (Å²) in [5, 5.41) is 0.533. The van der Waals surface area contributed by atoms with E-state index in [0.29, 0.717) is 23.6 Å². The van der Waals surface area contributed by atoms with Crippen LogP contribution in [0.5, 0.6) is 0 Å². The Hall–Kier alpha value is -1.30. The van der Waals surface area contributed by atoms with Crippen LogP contribution in [0.3, 0.4) is 0 Å². The van der Waals surface area contributed by atoms with Crippen molar-refractivity contribution in [3.63, 3.8) is 0 Å². The second kappa shape index (κ2) is 6.23. The SMILES string of the molecule is O=S(=O)(Cc1cccc(Cl)c1)NCCc1ccoc1. The van der Waals surface area contributed by atoms with Crippen LogP contribution < -0.4 is 4.72 Å². The van der Waals surface area contributed by atoms with Gasteiger partial charge in [-0.05, 0) is 35.7 Å². The van der Waals surface area contributed by atoms with Crippen molar-refractivity contribution in [1.29, 1.82) is 0 Å². The molecule has 0 fully saturated rings. The molecular weight excluding hydrogens is 286 g/mol. The molecule has 0 saturated carbocycles. The van der Waals surface area contributed by atoms with E-state index in [1.54, 1.807) is 36.8 Å². The molecule has 4 nitrogen and oxygen atoms in total. The summed E-state index contributed by atoms with van der Waals surface area (Å²) in [4.78, 5) is 0. The summed E-state index contributed by atoms with van der Waals surface area (Å²) in [5.41, 5.74) is 1.63. The van der Waals surface area contributed by atoms with Crippen LogP contribution in [0.25, 0.3) is 0 Å². The first kappa shape index (κ1) is 14.1. The number of hydrogen-bond acceptors (Lipinski definition) is 3. The van der Waals surface area contributed by atoms with Gasteiger partial charge in [-0.1, -0.05) is 23.7 Å². The van der Waals surface area contributed by atoms with E-state index in [-0.39, 0.29) is 5.75 Å². The Morgan fingerprint density at radius 2 is 2.05 bits per heavy atom. The van der Waals surface area contributed by atoms with Crippen molar-refractivity contribution in [2.24, 2.45) is 0 Å². The van der Waals surface area contributed by atoms with E-state index in [2.05, 4.69) is 4.72 Å². The maximum Gasteiger partial charge on any atom is 0.215 e. The van der Waals surface area contributed by atoms with Gasteiger partial charge in [0.15, 0.2) is 0 Å². The van der Waals surface area contributed by atoms with E-state index in [9.17, 15) is 8.42 Å². The predicted octanol–water partition coefficient (Wildman–Crippen LogP) is 2.60. The van der Waals surface area contributed by atoms with E-state index in [0.717, 1.165) is 5.56 Å². The fraction of sp³-hybridized carbons (Fsp3) is 0.231. The maximum atomic E-state index is 11.9. The molecule has 19 heavy (non-hydrogen) atoms. The zero-order valence-electron chi connectivity index (χ0n) is 10.2. The number of nitrogens with one attached hydrogen (secondary N) is 1. The lowest BCUT2D eigenvalue weighted by Crippen LogP contribution is -2.27. The highest BCUT2D eigenvalue weighted by atomic mass is 35.5. The predicted molar refractivity (Wildman–Crippen MR) is 74.5 cm³/mol. The number of rotatable bonds is 6. The normalized spacial score (nSPS) is 11.6. The number of hydrogen-bond donors (Lipinski definition) is 1. The Labute approximate surface area is 117 Å². The van der Waals surface area contributed by atoms with Crippen LogP contribution in [0.2, 0.25) is 5.02 Å². The second-order valence-corrected chi connectivity index (χ2v) is 6.41. The number of halogens is 1. The van der Waals surface area contributed by atoms with Crippen LogP contribution >= 0.6 is 11.6 Å². The lowest BCUT2D eigenvalue weighted by molar-refractivity contribution is 0.562. The molecule has 1 N–H and O–H groups in total. The first-order valence-electron chi connectivity index (χ1n) is 5.78. The van der Waals surface area contributed by atoms with Crippen LogP contribution in [0, 0.1) is 0 Å². The van der Waals surface area contributed by atoms with Crippen molar-refractivity contribution in [1.82, 2.24) is 4.72 Å². The molecule has 0 radical (unpaired) electrons. The summed E-state index contributed by atoms with van der Waals surface area (Å²) in [6.45, 7) is 0.350. The van der Waals surface area contributed by atoms with Crippen molar-refractivity contribution in [3.05, 3.63) is 59.0 Å². The molecule has 0 aliphatic rings. The molecule has 0 aliphatic heterocycles. The molecule has 2 rings (SSSR count). The highest BCUT2D eigenvalue weighted by Crippen LogP contribution is 2.12. The van der Waals surface area contributed by atoms with Crippen molar-refractivity contribution in [3.8, 4) is 0 Å². The minimum atomic E-state index is -3.34. The van der Waals surface area contributed by atoms with Crippen molar-refractivity contribution >= 4 is 21.6 Å². The lowest BCUT2D eigenvalue weighted by atomic mass is 10.2. The van der Waals surface area contributed by atoms with E-state index in [4.69, 9.17) is 16.0 Å². The quantitative estimate of drug-likeness (QED) is 0.892. The summed E-state index contributed by atoms with van der Waals surface area (Å²) >= 11 is 5.82. The average molecular weight is 300 g/mol. The van der Waals surface area contributed by atoms with Crippen LogP contribution in [0.1, 0.15) is 11.1 Å². The minimum Gasteiger partial charge on any atom is -0.472 e. The second-order valence-electron chi connectivity index (χ2n) is 4.16. The maximum absolute atomic E-state index is 11.9. The molecule has 0 saturated heterocycles. The molecule has 102 valence electrons. The summed E-state index contributed by atoms with van der Waals surface area (Å²) < 4.78 is 31.2. The Kier molecular flexibility index (Phi) is 4.63. The van der Waals surface area contributed by atoms with Crippen molar-refractivity contribution in [2.75, 3.05) is 6.54 Å². The molecule has 1 heterocycles. The van der Waals surface area contributed by atoms with E-state index < -0.39 is 10.0 Å². The van der Waals surface area contributed by atoms with Gasteiger partial charge in [0.05, 0.1) is 18.3 Å². The largest absolute Gasteiger partial charge is 0.472 e. The molecule has 1 aromatic carbocycles. The summed E-state index contributed by atoms with van der Waals surface area (Å²) in [6, 6.07) is 8.64. The summed E-state index contributed by atoms with van der Waals surface area (Å²) in [6.07, 6.45) is 3.77. The summed E-state index contributed by atoms with van der Waals surface area (Å²) in [5.74, 6) is -0.0705. The highest BCUT2D eigenvalue weighted by Gasteiger charge is 2.11. The van der Waals surface area contributed by atoms with E-state index in [1.165, 1.54) is 0 Å². The fourth-order valence-electron chi connectivity index (χ4n) is 1.68. The molecule has 0 spiro atoms. The lowest BCUT2D eigenvalue weighted by Gasteiger charge is -2.06. The van der Waals surface area contributed by atoms with Gasteiger partial charge in [0.1, 0.15) is 0 Å². The van der Waals surface area contributed by atoms with Crippen LogP contribution in [-0.4, -0.2) is 15.0 Å². The zero-order chi connectivity index (χ0) is 13.7. The Bertz CT molecular complexity index is 623. The van der Waals surface area contributed by atoms with Crippen LogP contribution in [0.4, 0.5) is 0 Å². The molecule has 1 aromatic heterocycles. The molecule has 2 aromatic rings. The molecule has 0 amide bonds. The van der Waals surface area contributed by atoms with Crippen molar-refractivity contribution in [2.45, 2.75) is 12.2 Å². The fourth-order valence-corrected chi connectivity index (χ4v) is 3.03. The minimum absolute atomic E-state index is 0.0705. The van der Waals surface area contributed by atoms with Crippen LogP contribution in [0.15, 0.2) is 47.3 Å². The molecule has 0 unspecified atom stereocenters. The molecular formula is C13H14ClNO3S. The number of sulfonamides is 1.